The molecule has 0 amide bonds. The number of rotatable bonds is 2. The average Bonchev–Trinajstić information content (AvgIpc) is 2.54. The lowest BCUT2D eigenvalue weighted by molar-refractivity contribution is -0.137. The van der Waals surface area contributed by atoms with Gasteiger partial charge in [-0.25, -0.2) is 9.97 Å². The quantitative estimate of drug-likeness (QED) is 0.850. The number of halogens is 3. The first kappa shape index (κ1) is 15.6. The van der Waals surface area contributed by atoms with Crippen molar-refractivity contribution in [1.29, 1.82) is 0 Å². The maximum Gasteiger partial charge on any atom is 0.416 e. The summed E-state index contributed by atoms with van der Waals surface area (Å²) >= 11 is 0. The number of benzene rings is 1. The van der Waals surface area contributed by atoms with Crippen molar-refractivity contribution in [3.63, 3.8) is 0 Å². The lowest BCUT2D eigenvalue weighted by Gasteiger charge is -2.36. The fourth-order valence-corrected chi connectivity index (χ4v) is 2.61. The lowest BCUT2D eigenvalue weighted by atomic mass is 10.1. The minimum atomic E-state index is -4.29. The van der Waals surface area contributed by atoms with E-state index in [-0.39, 0.29) is 0 Å². The largest absolute Gasteiger partial charge is 0.416 e. The molecule has 4 nitrogen and oxygen atoms in total. The highest BCUT2D eigenvalue weighted by atomic mass is 19.4. The van der Waals surface area contributed by atoms with Gasteiger partial charge < -0.3 is 9.80 Å². The van der Waals surface area contributed by atoms with Crippen LogP contribution in [0.3, 0.4) is 0 Å². The van der Waals surface area contributed by atoms with E-state index in [0.717, 1.165) is 49.7 Å². The third kappa shape index (κ3) is 3.55. The number of alkyl halides is 3. The number of piperazine rings is 1. The molecule has 7 heteroatoms. The molecule has 2 heterocycles. The van der Waals surface area contributed by atoms with Gasteiger partial charge in [-0.3, -0.25) is 0 Å². The smallest absolute Gasteiger partial charge is 0.368 e. The molecule has 0 aliphatic carbocycles. The zero-order valence-corrected chi connectivity index (χ0v) is 12.7. The maximum absolute atomic E-state index is 12.6. The summed E-state index contributed by atoms with van der Waals surface area (Å²) < 4.78 is 37.8. The standard InChI is InChI=1S/C16H17F3N4/c1-12-6-7-20-15(21-12)23-10-8-22(9-11-23)14-4-2-13(3-5-14)16(17,18)19/h2-7H,8-11H2,1H3. The van der Waals surface area contributed by atoms with Gasteiger partial charge in [0.2, 0.25) is 5.95 Å². The van der Waals surface area contributed by atoms with Crippen molar-refractivity contribution in [2.45, 2.75) is 13.1 Å². The lowest BCUT2D eigenvalue weighted by Crippen LogP contribution is -2.47. The van der Waals surface area contributed by atoms with Gasteiger partial charge in [0.1, 0.15) is 0 Å². The maximum atomic E-state index is 12.6. The molecule has 1 aliphatic rings. The van der Waals surface area contributed by atoms with Crippen LogP contribution >= 0.6 is 0 Å². The number of aromatic nitrogens is 2. The fraction of sp³-hybridized carbons (Fsp3) is 0.375. The summed E-state index contributed by atoms with van der Waals surface area (Å²) in [5.41, 5.74) is 1.11. The van der Waals surface area contributed by atoms with E-state index >= 15 is 0 Å². The van der Waals surface area contributed by atoms with Crippen molar-refractivity contribution in [1.82, 2.24) is 9.97 Å². The molecule has 0 radical (unpaired) electrons. The molecular weight excluding hydrogens is 305 g/mol. The Labute approximate surface area is 132 Å². The van der Waals surface area contributed by atoms with Crippen LogP contribution in [0, 0.1) is 6.92 Å². The Balaban J connectivity index is 1.65. The molecule has 1 saturated heterocycles. The predicted molar refractivity (Wildman–Crippen MR) is 82.6 cm³/mol. The van der Waals surface area contributed by atoms with Crippen LogP contribution in [-0.2, 0) is 6.18 Å². The van der Waals surface area contributed by atoms with Crippen LogP contribution in [0.15, 0.2) is 36.5 Å². The van der Waals surface area contributed by atoms with Gasteiger partial charge in [-0.1, -0.05) is 0 Å². The van der Waals surface area contributed by atoms with Gasteiger partial charge in [0.25, 0.3) is 0 Å². The molecule has 1 fully saturated rings. The Morgan fingerprint density at radius 1 is 0.913 bits per heavy atom. The molecule has 0 saturated carbocycles. The number of anilines is 2. The van der Waals surface area contributed by atoms with Crippen LogP contribution in [0.4, 0.5) is 24.8 Å². The molecule has 1 aromatic carbocycles. The Kier molecular flexibility index (Phi) is 4.11. The topological polar surface area (TPSA) is 32.3 Å². The van der Waals surface area contributed by atoms with E-state index in [0.29, 0.717) is 5.95 Å². The molecule has 0 bridgehead atoms. The summed E-state index contributed by atoms with van der Waals surface area (Å²) in [6, 6.07) is 7.17. The van der Waals surface area contributed by atoms with Gasteiger partial charge >= 0.3 is 6.18 Å². The van der Waals surface area contributed by atoms with Gasteiger partial charge in [-0.15, -0.1) is 0 Å². The van der Waals surface area contributed by atoms with Crippen molar-refractivity contribution in [3.05, 3.63) is 47.8 Å². The summed E-state index contributed by atoms with van der Waals surface area (Å²) in [4.78, 5) is 12.8. The van der Waals surface area contributed by atoms with Crippen LogP contribution in [0.1, 0.15) is 11.3 Å². The van der Waals surface area contributed by atoms with Crippen molar-refractivity contribution >= 4 is 11.6 Å². The first-order valence-corrected chi connectivity index (χ1v) is 7.40. The normalized spacial score (nSPS) is 15.8. The average molecular weight is 322 g/mol. The van der Waals surface area contributed by atoms with Crippen molar-refractivity contribution in [3.8, 4) is 0 Å². The zero-order chi connectivity index (χ0) is 16.4. The Bertz CT molecular complexity index is 662. The van der Waals surface area contributed by atoms with E-state index in [4.69, 9.17) is 0 Å². The highest BCUT2D eigenvalue weighted by molar-refractivity contribution is 5.50. The molecule has 23 heavy (non-hydrogen) atoms. The summed E-state index contributed by atoms with van der Waals surface area (Å²) in [5.74, 6) is 0.706. The van der Waals surface area contributed by atoms with E-state index in [1.54, 1.807) is 6.20 Å². The van der Waals surface area contributed by atoms with Crippen molar-refractivity contribution < 1.29 is 13.2 Å². The summed E-state index contributed by atoms with van der Waals surface area (Å²) in [6.45, 7) is 4.85. The first-order valence-electron chi connectivity index (χ1n) is 7.40. The predicted octanol–water partition coefficient (Wildman–Crippen LogP) is 3.13. The Morgan fingerprint density at radius 2 is 1.52 bits per heavy atom. The van der Waals surface area contributed by atoms with Gasteiger partial charge in [-0.2, -0.15) is 13.2 Å². The summed E-state index contributed by atoms with van der Waals surface area (Å²) in [7, 11) is 0. The number of aryl methyl sites for hydroxylation is 1. The third-order valence-electron chi connectivity index (χ3n) is 3.90. The van der Waals surface area contributed by atoms with Crippen LogP contribution < -0.4 is 9.80 Å². The van der Waals surface area contributed by atoms with Crippen LogP contribution in [0.5, 0.6) is 0 Å². The van der Waals surface area contributed by atoms with Crippen LogP contribution in [0.25, 0.3) is 0 Å². The van der Waals surface area contributed by atoms with E-state index in [2.05, 4.69) is 19.8 Å². The second-order valence-corrected chi connectivity index (χ2v) is 5.52. The molecule has 1 aliphatic heterocycles. The van der Waals surface area contributed by atoms with E-state index in [9.17, 15) is 13.2 Å². The number of nitrogens with zero attached hydrogens (tertiary/aromatic N) is 4. The number of hydrogen-bond acceptors (Lipinski definition) is 4. The Hall–Kier alpha value is -2.31. The molecule has 122 valence electrons. The fourth-order valence-electron chi connectivity index (χ4n) is 2.61. The van der Waals surface area contributed by atoms with E-state index < -0.39 is 11.7 Å². The van der Waals surface area contributed by atoms with Gasteiger partial charge in [0.15, 0.2) is 0 Å². The number of hydrogen-bond donors (Lipinski definition) is 0. The molecule has 0 spiro atoms. The highest BCUT2D eigenvalue weighted by Crippen LogP contribution is 2.30. The molecule has 0 atom stereocenters. The highest BCUT2D eigenvalue weighted by Gasteiger charge is 2.30. The van der Waals surface area contributed by atoms with Crippen LogP contribution in [-0.4, -0.2) is 36.1 Å². The molecule has 0 N–H and O–H groups in total. The van der Waals surface area contributed by atoms with Gasteiger partial charge in [0, 0.05) is 43.8 Å². The molecule has 2 aromatic rings. The minimum absolute atomic E-state index is 0.618. The third-order valence-corrected chi connectivity index (χ3v) is 3.90. The van der Waals surface area contributed by atoms with Crippen LogP contribution in [0.2, 0.25) is 0 Å². The zero-order valence-electron chi connectivity index (χ0n) is 12.7. The molecule has 1 aromatic heterocycles. The van der Waals surface area contributed by atoms with E-state index in [1.165, 1.54) is 12.1 Å². The molecular formula is C16H17F3N4. The minimum Gasteiger partial charge on any atom is -0.368 e. The summed E-state index contributed by atoms with van der Waals surface area (Å²) in [6.07, 6.45) is -2.56. The van der Waals surface area contributed by atoms with Crippen molar-refractivity contribution in [2.75, 3.05) is 36.0 Å². The van der Waals surface area contributed by atoms with Gasteiger partial charge in [0.05, 0.1) is 5.56 Å². The van der Waals surface area contributed by atoms with E-state index in [1.807, 2.05) is 13.0 Å². The molecule has 0 unspecified atom stereocenters. The SMILES string of the molecule is Cc1ccnc(N2CCN(c3ccc(C(F)(F)F)cc3)CC2)n1. The van der Waals surface area contributed by atoms with Gasteiger partial charge in [-0.05, 0) is 37.3 Å². The second-order valence-electron chi connectivity index (χ2n) is 5.52. The second kappa shape index (κ2) is 6.06. The molecule has 3 rings (SSSR count). The monoisotopic (exact) mass is 322 g/mol. The first-order chi connectivity index (χ1) is 10.9. The summed E-state index contributed by atoms with van der Waals surface area (Å²) in [5, 5.41) is 0. The Morgan fingerprint density at radius 3 is 2.09 bits per heavy atom. The van der Waals surface area contributed by atoms with Crippen molar-refractivity contribution in [2.24, 2.45) is 0 Å².